The van der Waals surface area contributed by atoms with E-state index in [4.69, 9.17) is 5.11 Å². The van der Waals surface area contributed by atoms with Crippen molar-refractivity contribution >= 4 is 11.9 Å². The summed E-state index contributed by atoms with van der Waals surface area (Å²) in [6.45, 7) is -0.124. The topological polar surface area (TPSA) is 100 Å². The molecule has 0 heterocycles. The van der Waals surface area contributed by atoms with Crippen LogP contribution in [0, 0.1) is 0 Å². The summed E-state index contributed by atoms with van der Waals surface area (Å²) >= 11 is 0. The molecule has 1 N–H and O–H groups in total. The van der Waals surface area contributed by atoms with Crippen LogP contribution in [0.4, 0.5) is 0 Å². The first-order valence-corrected chi connectivity index (χ1v) is 6.30. The van der Waals surface area contributed by atoms with Crippen LogP contribution in [-0.2, 0) is 6.42 Å². The number of aliphatic hydroxyl groups is 1. The summed E-state index contributed by atoms with van der Waals surface area (Å²) in [5.74, 6) is -2.54. The molecule has 0 radical (unpaired) electrons. The second kappa shape index (κ2) is 6.19. The summed E-state index contributed by atoms with van der Waals surface area (Å²) in [5, 5.41) is 30.7. The molecule has 2 aromatic rings. The number of carbonyl (C=O) groups excluding carboxylic acids is 2. The lowest BCUT2D eigenvalue weighted by Gasteiger charge is -2.13. The number of hydrogen-bond acceptors (Lipinski definition) is 5. The molecule has 0 aliphatic rings. The lowest BCUT2D eigenvalue weighted by Crippen LogP contribution is -2.22. The molecule has 0 aromatic heterocycles. The van der Waals surface area contributed by atoms with Gasteiger partial charge in [-0.15, -0.1) is 0 Å². The lowest BCUT2D eigenvalue weighted by molar-refractivity contribution is -0.256. The third-order valence-corrected chi connectivity index (χ3v) is 3.15. The molecule has 2 rings (SSSR count). The van der Waals surface area contributed by atoms with Crippen molar-refractivity contribution in [3.8, 4) is 11.1 Å². The van der Waals surface area contributed by atoms with Gasteiger partial charge in [0.15, 0.2) is 0 Å². The summed E-state index contributed by atoms with van der Waals surface area (Å²) in [6.07, 6.45) is 0.290. The first kappa shape index (κ1) is 14.7. The number of carboxylic acid groups (broad SMARTS) is 2. The smallest absolute Gasteiger partial charge is 0.0715 e. The minimum Gasteiger partial charge on any atom is -0.545 e. The Morgan fingerprint density at radius 1 is 0.905 bits per heavy atom. The molecule has 108 valence electrons. The van der Waals surface area contributed by atoms with E-state index in [1.165, 1.54) is 24.3 Å². The largest absolute Gasteiger partial charge is 0.545 e. The average Bonchev–Trinajstić information content (AvgIpc) is 2.47. The molecule has 0 saturated heterocycles. The number of hydrogen-bond donors (Lipinski definition) is 1. The van der Waals surface area contributed by atoms with Gasteiger partial charge in [-0.1, -0.05) is 36.4 Å². The van der Waals surface area contributed by atoms with Crippen molar-refractivity contribution in [2.24, 2.45) is 0 Å². The van der Waals surface area contributed by atoms with Crippen LogP contribution in [0.3, 0.4) is 0 Å². The van der Waals surface area contributed by atoms with Crippen LogP contribution in [0.15, 0.2) is 42.5 Å². The Labute approximate surface area is 121 Å². The predicted octanol–water partition coefficient (Wildman–Crippen LogP) is -0.385. The van der Waals surface area contributed by atoms with Crippen LogP contribution in [0.2, 0.25) is 0 Å². The fourth-order valence-corrected chi connectivity index (χ4v) is 2.12. The minimum atomic E-state index is -1.28. The van der Waals surface area contributed by atoms with Crippen molar-refractivity contribution < 1.29 is 24.9 Å². The third kappa shape index (κ3) is 3.27. The van der Waals surface area contributed by atoms with Crippen molar-refractivity contribution in [1.82, 2.24) is 0 Å². The highest BCUT2D eigenvalue weighted by Gasteiger charge is 2.07. The molecular weight excluding hydrogens is 272 g/mol. The van der Waals surface area contributed by atoms with E-state index in [1.807, 2.05) is 0 Å². The highest BCUT2D eigenvalue weighted by Crippen LogP contribution is 2.25. The van der Waals surface area contributed by atoms with Crippen molar-refractivity contribution in [2.45, 2.75) is 6.42 Å². The highest BCUT2D eigenvalue weighted by molar-refractivity contribution is 5.88. The SMILES string of the molecule is O=C([O-])c1ccc(-c2ccc(C(=O)[O-])cc2CCO)cc1. The van der Waals surface area contributed by atoms with Crippen molar-refractivity contribution in [3.05, 3.63) is 59.2 Å². The maximum atomic E-state index is 10.9. The summed E-state index contributed by atoms with van der Waals surface area (Å²) in [6, 6.07) is 10.5. The molecule has 0 saturated carbocycles. The average molecular weight is 284 g/mol. The highest BCUT2D eigenvalue weighted by atomic mass is 16.4. The first-order chi connectivity index (χ1) is 10.0. The van der Waals surface area contributed by atoms with Gasteiger partial charge in [-0.2, -0.15) is 0 Å². The van der Waals surface area contributed by atoms with Crippen LogP contribution >= 0.6 is 0 Å². The fraction of sp³-hybridized carbons (Fsp3) is 0.125. The lowest BCUT2D eigenvalue weighted by atomic mass is 9.95. The van der Waals surface area contributed by atoms with Gasteiger partial charge >= 0.3 is 0 Å². The van der Waals surface area contributed by atoms with Crippen molar-refractivity contribution in [3.63, 3.8) is 0 Å². The van der Waals surface area contributed by atoms with E-state index in [2.05, 4.69) is 0 Å². The van der Waals surface area contributed by atoms with Gasteiger partial charge in [0.1, 0.15) is 0 Å². The number of rotatable bonds is 5. The molecule has 0 amide bonds. The molecule has 0 atom stereocenters. The van der Waals surface area contributed by atoms with E-state index in [0.717, 1.165) is 11.1 Å². The van der Waals surface area contributed by atoms with Gasteiger partial charge in [0.05, 0.1) is 11.9 Å². The van der Waals surface area contributed by atoms with Gasteiger partial charge < -0.3 is 24.9 Å². The summed E-state index contributed by atoms with van der Waals surface area (Å²) < 4.78 is 0. The molecule has 0 bridgehead atoms. The monoisotopic (exact) mass is 284 g/mol. The Hall–Kier alpha value is -2.66. The summed E-state index contributed by atoms with van der Waals surface area (Å²) in [4.78, 5) is 21.6. The Morgan fingerprint density at radius 3 is 2.00 bits per heavy atom. The minimum absolute atomic E-state index is 0.0357. The van der Waals surface area contributed by atoms with Crippen LogP contribution < -0.4 is 10.2 Å². The molecule has 2 aromatic carbocycles. The number of aliphatic hydroxyl groups excluding tert-OH is 1. The van der Waals surface area contributed by atoms with Gasteiger partial charge in [0.25, 0.3) is 0 Å². The van der Waals surface area contributed by atoms with Gasteiger partial charge in [0.2, 0.25) is 0 Å². The number of benzene rings is 2. The van der Waals surface area contributed by atoms with E-state index >= 15 is 0 Å². The predicted molar refractivity (Wildman–Crippen MR) is 71.3 cm³/mol. The normalized spacial score (nSPS) is 10.3. The maximum Gasteiger partial charge on any atom is 0.0715 e. The molecular formula is C16H12O5-2. The van der Waals surface area contributed by atoms with Crippen molar-refractivity contribution in [1.29, 1.82) is 0 Å². The number of carbonyl (C=O) groups is 2. The molecule has 21 heavy (non-hydrogen) atoms. The molecule has 0 aliphatic heterocycles. The molecule has 5 heteroatoms. The van der Waals surface area contributed by atoms with Gasteiger partial charge in [-0.3, -0.25) is 0 Å². The summed E-state index contributed by atoms with van der Waals surface area (Å²) in [7, 11) is 0. The van der Waals surface area contributed by atoms with E-state index in [0.29, 0.717) is 12.0 Å². The zero-order valence-corrected chi connectivity index (χ0v) is 11.0. The Balaban J connectivity index is 2.46. The van der Waals surface area contributed by atoms with E-state index in [9.17, 15) is 19.8 Å². The van der Waals surface area contributed by atoms with Crippen LogP contribution in [-0.4, -0.2) is 23.7 Å². The third-order valence-electron chi connectivity index (χ3n) is 3.15. The Morgan fingerprint density at radius 2 is 1.48 bits per heavy atom. The van der Waals surface area contributed by atoms with Crippen LogP contribution in [0.1, 0.15) is 26.3 Å². The molecule has 0 spiro atoms. The van der Waals surface area contributed by atoms with Gasteiger partial charge in [-0.25, -0.2) is 0 Å². The molecule has 0 unspecified atom stereocenters. The maximum absolute atomic E-state index is 10.9. The second-order valence-corrected chi connectivity index (χ2v) is 4.50. The Kier molecular flexibility index (Phi) is 4.35. The molecule has 0 aliphatic carbocycles. The quantitative estimate of drug-likeness (QED) is 0.806. The second-order valence-electron chi connectivity index (χ2n) is 4.50. The molecule has 0 fully saturated rings. The van der Waals surface area contributed by atoms with E-state index in [1.54, 1.807) is 18.2 Å². The zero-order valence-electron chi connectivity index (χ0n) is 11.0. The van der Waals surface area contributed by atoms with Crippen LogP contribution in [0.5, 0.6) is 0 Å². The zero-order chi connectivity index (χ0) is 15.4. The van der Waals surface area contributed by atoms with E-state index in [-0.39, 0.29) is 17.7 Å². The van der Waals surface area contributed by atoms with Crippen molar-refractivity contribution in [2.75, 3.05) is 6.61 Å². The van der Waals surface area contributed by atoms with Gasteiger partial charge in [0, 0.05) is 6.61 Å². The number of carboxylic acids is 2. The summed E-state index contributed by atoms with van der Waals surface area (Å²) in [5.41, 5.74) is 2.22. The standard InChI is InChI=1S/C16H14O5/c17-8-7-12-9-13(16(20)21)5-6-14(12)10-1-3-11(4-2-10)15(18)19/h1-6,9,17H,7-8H2,(H,18,19)(H,20,21)/p-2. The Bertz CT molecular complexity index is 674. The first-order valence-electron chi connectivity index (χ1n) is 6.30. The number of aromatic carboxylic acids is 2. The molecule has 5 nitrogen and oxygen atoms in total. The van der Waals surface area contributed by atoms with Crippen LogP contribution in [0.25, 0.3) is 11.1 Å². The fourth-order valence-electron chi connectivity index (χ4n) is 2.12. The van der Waals surface area contributed by atoms with Gasteiger partial charge in [-0.05, 0) is 40.3 Å². The van der Waals surface area contributed by atoms with E-state index < -0.39 is 11.9 Å².